The van der Waals surface area contributed by atoms with Gasteiger partial charge in [0, 0.05) is 6.61 Å². The minimum atomic E-state index is -1.52. The van der Waals surface area contributed by atoms with Crippen LogP contribution in [-0.2, 0) is 9.53 Å². The van der Waals surface area contributed by atoms with Crippen molar-refractivity contribution >= 4 is 6.29 Å². The fraction of sp³-hybridized carbons (Fsp3) is 0.875. The van der Waals surface area contributed by atoms with Crippen LogP contribution in [0.5, 0.6) is 0 Å². The molecular formula is C8H16O6. The lowest BCUT2D eigenvalue weighted by Gasteiger charge is -2.26. The molecule has 0 fully saturated rings. The smallest absolute Gasteiger partial charge is 0.151 e. The predicted molar refractivity (Wildman–Crippen MR) is 46.6 cm³/mol. The van der Waals surface area contributed by atoms with Crippen LogP contribution in [0.15, 0.2) is 0 Å². The number of rotatable bonds is 7. The summed E-state index contributed by atoms with van der Waals surface area (Å²) >= 11 is 0. The van der Waals surface area contributed by atoms with Gasteiger partial charge in [0.1, 0.15) is 24.4 Å². The number of aliphatic hydroxyl groups excluding tert-OH is 4. The molecule has 4 atom stereocenters. The Morgan fingerprint density at radius 3 is 2.29 bits per heavy atom. The van der Waals surface area contributed by atoms with Crippen LogP contribution in [0.4, 0.5) is 0 Å². The Hall–Kier alpha value is -0.530. The highest BCUT2D eigenvalue weighted by Gasteiger charge is 2.32. The average molecular weight is 208 g/mol. The van der Waals surface area contributed by atoms with E-state index in [4.69, 9.17) is 20.1 Å². The lowest BCUT2D eigenvalue weighted by Crippen LogP contribution is -2.48. The lowest BCUT2D eigenvalue weighted by molar-refractivity contribution is -0.148. The average Bonchev–Trinajstić information content (AvgIpc) is 2.22. The first kappa shape index (κ1) is 13.5. The zero-order chi connectivity index (χ0) is 11.1. The molecule has 0 amide bonds. The number of ether oxygens (including phenoxy) is 1. The third-order valence-electron chi connectivity index (χ3n) is 1.75. The van der Waals surface area contributed by atoms with Crippen LogP contribution in [-0.4, -0.2) is 64.3 Å². The van der Waals surface area contributed by atoms with Gasteiger partial charge in [-0.25, -0.2) is 0 Å². The van der Waals surface area contributed by atoms with Crippen molar-refractivity contribution in [2.45, 2.75) is 31.3 Å². The quantitative estimate of drug-likeness (QED) is 0.349. The number of hydrogen-bond donors (Lipinski definition) is 4. The van der Waals surface area contributed by atoms with Gasteiger partial charge in [0.15, 0.2) is 6.29 Å². The van der Waals surface area contributed by atoms with Gasteiger partial charge in [-0.3, -0.25) is 0 Å². The van der Waals surface area contributed by atoms with Gasteiger partial charge in [0.2, 0.25) is 0 Å². The highest BCUT2D eigenvalue weighted by molar-refractivity contribution is 5.56. The van der Waals surface area contributed by atoms with Crippen LogP contribution >= 0.6 is 0 Å². The number of aliphatic hydroxyl groups is 4. The number of carbonyl (C=O) groups excluding carboxylic acids is 1. The van der Waals surface area contributed by atoms with Gasteiger partial charge in [-0.15, -0.1) is 0 Å². The normalized spacial score (nSPS) is 19.8. The van der Waals surface area contributed by atoms with Gasteiger partial charge in [0.25, 0.3) is 0 Å². The van der Waals surface area contributed by atoms with Crippen molar-refractivity contribution in [3.8, 4) is 0 Å². The maximum absolute atomic E-state index is 10.3. The molecule has 14 heavy (non-hydrogen) atoms. The predicted octanol–water partition coefficient (Wildman–Crippen LogP) is -2.33. The van der Waals surface area contributed by atoms with Crippen LogP contribution < -0.4 is 0 Å². The highest BCUT2D eigenvalue weighted by atomic mass is 16.5. The molecule has 0 radical (unpaired) electrons. The van der Waals surface area contributed by atoms with Crippen LogP contribution in [0.3, 0.4) is 0 Å². The van der Waals surface area contributed by atoms with E-state index in [1.165, 1.54) is 0 Å². The summed E-state index contributed by atoms with van der Waals surface area (Å²) < 4.78 is 4.88. The maximum atomic E-state index is 10.3. The summed E-state index contributed by atoms with van der Waals surface area (Å²) in [5, 5.41) is 36.1. The second-order valence-electron chi connectivity index (χ2n) is 2.79. The first-order valence-corrected chi connectivity index (χ1v) is 4.30. The van der Waals surface area contributed by atoms with Gasteiger partial charge in [-0.2, -0.15) is 0 Å². The van der Waals surface area contributed by atoms with Crippen LogP contribution in [0, 0.1) is 0 Å². The molecule has 0 heterocycles. The molecule has 0 aliphatic rings. The Kier molecular flexibility index (Phi) is 6.60. The number of carbonyl (C=O) groups is 1. The molecule has 0 aromatic carbocycles. The van der Waals surface area contributed by atoms with Crippen LogP contribution in [0.1, 0.15) is 6.92 Å². The molecule has 6 heteroatoms. The summed E-state index contributed by atoms with van der Waals surface area (Å²) in [5.41, 5.74) is 0. The van der Waals surface area contributed by atoms with Gasteiger partial charge < -0.3 is 30.0 Å². The molecule has 4 N–H and O–H groups in total. The molecule has 0 unspecified atom stereocenters. The summed E-state index contributed by atoms with van der Waals surface area (Å²) in [4.78, 5) is 10.3. The second kappa shape index (κ2) is 6.86. The van der Waals surface area contributed by atoms with Gasteiger partial charge in [-0.05, 0) is 6.92 Å². The molecule has 84 valence electrons. The monoisotopic (exact) mass is 208 g/mol. The summed E-state index contributed by atoms with van der Waals surface area (Å²) in [6, 6.07) is 0. The van der Waals surface area contributed by atoms with E-state index >= 15 is 0 Å². The minimum absolute atomic E-state index is 0.171. The van der Waals surface area contributed by atoms with Gasteiger partial charge >= 0.3 is 0 Å². The SMILES string of the molecule is CCO[C@@H]([C@H](O)[C@H](O)CO)[C@@H](O)C=O. The zero-order valence-electron chi connectivity index (χ0n) is 7.91. The summed E-state index contributed by atoms with van der Waals surface area (Å²) in [5.74, 6) is 0. The van der Waals surface area contributed by atoms with Gasteiger partial charge in [0.05, 0.1) is 6.61 Å². The van der Waals surface area contributed by atoms with Crippen molar-refractivity contribution in [1.82, 2.24) is 0 Å². The largest absolute Gasteiger partial charge is 0.394 e. The minimum Gasteiger partial charge on any atom is -0.394 e. The van der Waals surface area contributed by atoms with Crippen molar-refractivity contribution in [3.05, 3.63) is 0 Å². The molecule has 0 aliphatic heterocycles. The van der Waals surface area contributed by atoms with E-state index in [-0.39, 0.29) is 12.9 Å². The third-order valence-corrected chi connectivity index (χ3v) is 1.75. The fourth-order valence-corrected chi connectivity index (χ4v) is 0.996. The molecule has 6 nitrogen and oxygen atoms in total. The van der Waals surface area contributed by atoms with Crippen molar-refractivity contribution < 1.29 is 30.0 Å². The Bertz CT molecular complexity index is 162. The molecule has 0 aromatic heterocycles. The molecule has 0 aromatic rings. The fourth-order valence-electron chi connectivity index (χ4n) is 0.996. The standard InChI is InChI=1S/C8H16O6/c1-2-14-8(6(12)4-10)7(13)5(11)3-9/h4-9,11-13H,2-3H2,1H3/t5-,6+,7-,8-/m1/s1. The second-order valence-corrected chi connectivity index (χ2v) is 2.79. The van der Waals surface area contributed by atoms with E-state index in [1.54, 1.807) is 6.92 Å². The van der Waals surface area contributed by atoms with E-state index in [9.17, 15) is 9.90 Å². The first-order chi connectivity index (χ1) is 6.58. The summed E-state index contributed by atoms with van der Waals surface area (Å²) in [7, 11) is 0. The van der Waals surface area contributed by atoms with E-state index in [2.05, 4.69) is 0 Å². The van der Waals surface area contributed by atoms with Crippen LogP contribution in [0.25, 0.3) is 0 Å². The molecule has 0 aliphatic carbocycles. The number of hydrogen-bond acceptors (Lipinski definition) is 6. The van der Waals surface area contributed by atoms with E-state index in [1.807, 2.05) is 0 Å². The molecule has 0 saturated carbocycles. The van der Waals surface area contributed by atoms with Crippen molar-refractivity contribution in [1.29, 1.82) is 0 Å². The van der Waals surface area contributed by atoms with Crippen molar-refractivity contribution in [3.63, 3.8) is 0 Å². The molecule has 0 saturated heterocycles. The number of aldehydes is 1. The molecule has 0 spiro atoms. The zero-order valence-corrected chi connectivity index (χ0v) is 7.91. The summed E-state index contributed by atoms with van der Waals surface area (Å²) in [6.07, 6.45) is -5.49. The topological polar surface area (TPSA) is 107 Å². The summed E-state index contributed by atoms with van der Waals surface area (Å²) in [6.45, 7) is 1.11. The Morgan fingerprint density at radius 2 is 1.93 bits per heavy atom. The lowest BCUT2D eigenvalue weighted by atomic mass is 10.0. The molecule has 0 rings (SSSR count). The maximum Gasteiger partial charge on any atom is 0.151 e. The van der Waals surface area contributed by atoms with Crippen molar-refractivity contribution in [2.75, 3.05) is 13.2 Å². The third kappa shape index (κ3) is 3.69. The van der Waals surface area contributed by atoms with Gasteiger partial charge in [-0.1, -0.05) is 0 Å². The Balaban J connectivity index is 4.38. The first-order valence-electron chi connectivity index (χ1n) is 4.30. The van der Waals surface area contributed by atoms with E-state index in [0.717, 1.165) is 0 Å². The highest BCUT2D eigenvalue weighted by Crippen LogP contribution is 2.08. The van der Waals surface area contributed by atoms with Crippen LogP contribution in [0.2, 0.25) is 0 Å². The Morgan fingerprint density at radius 1 is 1.36 bits per heavy atom. The van der Waals surface area contributed by atoms with E-state index in [0.29, 0.717) is 0 Å². The van der Waals surface area contributed by atoms with E-state index < -0.39 is 31.0 Å². The van der Waals surface area contributed by atoms with Crippen molar-refractivity contribution in [2.24, 2.45) is 0 Å². The molecule has 0 bridgehead atoms. The molecular weight excluding hydrogens is 192 g/mol. The Labute approximate surface area is 81.7 Å².